The highest BCUT2D eigenvalue weighted by Crippen LogP contribution is 2.42. The van der Waals surface area contributed by atoms with Crippen molar-refractivity contribution in [1.82, 2.24) is 5.32 Å². The highest BCUT2D eigenvalue weighted by atomic mass is 35.5. The standard InChI is InChI=1S/C11H19NO2.ClH/c1-14-10(13)9-7-11(8-12-9)5-3-2-4-6-11;/h9,12H,2-8H2,1H3;1H. The molecule has 3 nitrogen and oxygen atoms in total. The van der Waals surface area contributed by atoms with Gasteiger partial charge in [0.2, 0.25) is 0 Å². The molecule has 0 radical (unpaired) electrons. The van der Waals surface area contributed by atoms with E-state index in [2.05, 4.69) is 5.32 Å². The smallest absolute Gasteiger partial charge is 0.322 e. The number of methoxy groups -OCH3 is 1. The van der Waals surface area contributed by atoms with Crippen LogP contribution in [0.25, 0.3) is 0 Å². The van der Waals surface area contributed by atoms with Gasteiger partial charge in [-0.1, -0.05) is 19.3 Å². The molecule has 1 aliphatic heterocycles. The summed E-state index contributed by atoms with van der Waals surface area (Å²) in [6.07, 6.45) is 7.58. The van der Waals surface area contributed by atoms with Crippen LogP contribution < -0.4 is 5.32 Å². The lowest BCUT2D eigenvalue weighted by Crippen LogP contribution is -2.31. The van der Waals surface area contributed by atoms with E-state index in [4.69, 9.17) is 4.74 Å². The van der Waals surface area contributed by atoms with E-state index in [1.807, 2.05) is 0 Å². The molecule has 1 atom stereocenters. The zero-order chi connectivity index (χ0) is 10.0. The number of carbonyl (C=O) groups excluding carboxylic acids is 1. The molecule has 4 heteroatoms. The van der Waals surface area contributed by atoms with Crippen molar-refractivity contribution in [2.24, 2.45) is 5.41 Å². The minimum Gasteiger partial charge on any atom is -0.468 e. The number of hydrogen-bond donors (Lipinski definition) is 1. The summed E-state index contributed by atoms with van der Waals surface area (Å²) in [5.41, 5.74) is 0.414. The summed E-state index contributed by atoms with van der Waals surface area (Å²) in [4.78, 5) is 11.4. The zero-order valence-electron chi connectivity index (χ0n) is 9.25. The molecule has 0 aromatic rings. The van der Waals surface area contributed by atoms with Crippen LogP contribution in [-0.4, -0.2) is 25.7 Å². The third kappa shape index (κ3) is 2.64. The van der Waals surface area contributed by atoms with Crippen LogP contribution in [0.3, 0.4) is 0 Å². The average molecular weight is 234 g/mol. The van der Waals surface area contributed by atoms with Gasteiger partial charge in [-0.25, -0.2) is 0 Å². The third-order valence-electron chi connectivity index (χ3n) is 3.76. The lowest BCUT2D eigenvalue weighted by atomic mass is 9.73. The molecule has 1 aliphatic carbocycles. The van der Waals surface area contributed by atoms with Crippen LogP contribution in [0, 0.1) is 5.41 Å². The molecule has 0 aromatic heterocycles. The molecule has 1 N–H and O–H groups in total. The summed E-state index contributed by atoms with van der Waals surface area (Å²) < 4.78 is 4.77. The van der Waals surface area contributed by atoms with Crippen molar-refractivity contribution < 1.29 is 9.53 Å². The minimum absolute atomic E-state index is 0. The maximum Gasteiger partial charge on any atom is 0.322 e. The first-order chi connectivity index (χ1) is 6.76. The van der Waals surface area contributed by atoms with E-state index in [9.17, 15) is 4.79 Å². The Kier molecular flexibility index (Phi) is 4.41. The average Bonchev–Trinajstić information content (AvgIpc) is 2.62. The first kappa shape index (κ1) is 12.8. The normalized spacial score (nSPS) is 28.5. The van der Waals surface area contributed by atoms with Crippen LogP contribution in [0.15, 0.2) is 0 Å². The van der Waals surface area contributed by atoms with E-state index >= 15 is 0 Å². The van der Waals surface area contributed by atoms with Gasteiger partial charge in [0.05, 0.1) is 7.11 Å². The quantitative estimate of drug-likeness (QED) is 0.703. The SMILES string of the molecule is COC(=O)C1CC2(CCCCC2)CN1.Cl. The molecule has 0 aromatic carbocycles. The van der Waals surface area contributed by atoms with Gasteiger partial charge in [0.1, 0.15) is 6.04 Å². The van der Waals surface area contributed by atoms with Crippen molar-refractivity contribution in [2.45, 2.75) is 44.6 Å². The van der Waals surface area contributed by atoms with Gasteiger partial charge in [-0.05, 0) is 24.7 Å². The van der Waals surface area contributed by atoms with Gasteiger partial charge < -0.3 is 10.1 Å². The zero-order valence-corrected chi connectivity index (χ0v) is 10.1. The molecule has 1 spiro atoms. The fourth-order valence-electron chi connectivity index (χ4n) is 2.91. The number of hydrogen-bond acceptors (Lipinski definition) is 3. The van der Waals surface area contributed by atoms with E-state index in [1.54, 1.807) is 0 Å². The molecule has 0 bridgehead atoms. The molecule has 1 saturated carbocycles. The first-order valence-corrected chi connectivity index (χ1v) is 5.57. The Hall–Kier alpha value is -0.280. The van der Waals surface area contributed by atoms with Crippen molar-refractivity contribution in [3.8, 4) is 0 Å². The second kappa shape index (κ2) is 5.17. The maximum absolute atomic E-state index is 11.4. The van der Waals surface area contributed by atoms with Crippen LogP contribution in [-0.2, 0) is 9.53 Å². The Labute approximate surface area is 97.4 Å². The molecular weight excluding hydrogens is 214 g/mol. The molecule has 15 heavy (non-hydrogen) atoms. The molecule has 1 unspecified atom stereocenters. The number of carbonyl (C=O) groups is 1. The summed E-state index contributed by atoms with van der Waals surface area (Å²) in [7, 11) is 1.47. The fraction of sp³-hybridized carbons (Fsp3) is 0.909. The Morgan fingerprint density at radius 1 is 1.33 bits per heavy atom. The lowest BCUT2D eigenvalue weighted by Gasteiger charge is -2.32. The molecule has 0 amide bonds. The Bertz CT molecular complexity index is 227. The molecule has 88 valence electrons. The third-order valence-corrected chi connectivity index (χ3v) is 3.76. The molecule has 2 rings (SSSR count). The molecule has 2 aliphatic rings. The van der Waals surface area contributed by atoms with E-state index in [0.29, 0.717) is 5.41 Å². The number of nitrogens with one attached hydrogen (secondary N) is 1. The predicted molar refractivity (Wildman–Crippen MR) is 61.2 cm³/mol. The van der Waals surface area contributed by atoms with Crippen molar-refractivity contribution in [3.05, 3.63) is 0 Å². The second-order valence-electron chi connectivity index (χ2n) is 4.72. The van der Waals surface area contributed by atoms with E-state index in [-0.39, 0.29) is 24.4 Å². The number of ether oxygens (including phenoxy) is 1. The van der Waals surface area contributed by atoms with Crippen molar-refractivity contribution in [2.75, 3.05) is 13.7 Å². The van der Waals surface area contributed by atoms with E-state index < -0.39 is 0 Å². The Morgan fingerprint density at radius 3 is 2.60 bits per heavy atom. The Balaban J connectivity index is 0.00000112. The van der Waals surface area contributed by atoms with Crippen LogP contribution in [0.2, 0.25) is 0 Å². The van der Waals surface area contributed by atoms with Crippen LogP contribution in [0.4, 0.5) is 0 Å². The van der Waals surface area contributed by atoms with Crippen molar-refractivity contribution >= 4 is 18.4 Å². The highest BCUT2D eigenvalue weighted by molar-refractivity contribution is 5.85. The summed E-state index contributed by atoms with van der Waals surface area (Å²) in [6, 6.07) is -0.0434. The van der Waals surface area contributed by atoms with Gasteiger partial charge in [-0.3, -0.25) is 4.79 Å². The fourth-order valence-corrected chi connectivity index (χ4v) is 2.91. The summed E-state index contributed by atoms with van der Waals surface area (Å²) >= 11 is 0. The Morgan fingerprint density at radius 2 is 2.00 bits per heavy atom. The van der Waals surface area contributed by atoms with Gasteiger partial charge in [0, 0.05) is 6.54 Å². The van der Waals surface area contributed by atoms with Gasteiger partial charge in [-0.15, -0.1) is 12.4 Å². The lowest BCUT2D eigenvalue weighted by molar-refractivity contribution is -0.142. The van der Waals surface area contributed by atoms with Gasteiger partial charge >= 0.3 is 5.97 Å². The first-order valence-electron chi connectivity index (χ1n) is 5.57. The molecule has 2 fully saturated rings. The van der Waals surface area contributed by atoms with Crippen LogP contribution in [0.1, 0.15) is 38.5 Å². The summed E-state index contributed by atoms with van der Waals surface area (Å²) in [5.74, 6) is -0.0903. The number of halogens is 1. The monoisotopic (exact) mass is 233 g/mol. The van der Waals surface area contributed by atoms with Gasteiger partial charge in [0.15, 0.2) is 0 Å². The number of esters is 1. The minimum atomic E-state index is -0.0903. The molecular formula is C11H20ClNO2. The molecule has 1 saturated heterocycles. The predicted octanol–water partition coefficient (Wildman–Crippen LogP) is 1.89. The number of rotatable bonds is 1. The van der Waals surface area contributed by atoms with Crippen molar-refractivity contribution in [1.29, 1.82) is 0 Å². The highest BCUT2D eigenvalue weighted by Gasteiger charge is 2.42. The molecule has 1 heterocycles. The van der Waals surface area contributed by atoms with Gasteiger partial charge in [-0.2, -0.15) is 0 Å². The maximum atomic E-state index is 11.4. The summed E-state index contributed by atoms with van der Waals surface area (Å²) in [5, 5.41) is 3.29. The second-order valence-corrected chi connectivity index (χ2v) is 4.72. The van der Waals surface area contributed by atoms with Crippen LogP contribution >= 0.6 is 12.4 Å². The van der Waals surface area contributed by atoms with Gasteiger partial charge in [0.25, 0.3) is 0 Å². The largest absolute Gasteiger partial charge is 0.468 e. The topological polar surface area (TPSA) is 38.3 Å². The van der Waals surface area contributed by atoms with E-state index in [1.165, 1.54) is 39.2 Å². The van der Waals surface area contributed by atoms with Crippen LogP contribution in [0.5, 0.6) is 0 Å². The van der Waals surface area contributed by atoms with Crippen molar-refractivity contribution in [3.63, 3.8) is 0 Å². The van der Waals surface area contributed by atoms with E-state index in [0.717, 1.165) is 13.0 Å². The summed E-state index contributed by atoms with van der Waals surface area (Å²) in [6.45, 7) is 1.01.